The molecule has 0 aliphatic carbocycles. The molecular formula is C17H19BrFNO. The summed E-state index contributed by atoms with van der Waals surface area (Å²) in [6.07, 6.45) is 0.976. The van der Waals surface area contributed by atoms with Gasteiger partial charge in [-0.05, 0) is 42.8 Å². The van der Waals surface area contributed by atoms with E-state index in [0.717, 1.165) is 23.0 Å². The molecule has 2 aromatic carbocycles. The minimum atomic E-state index is -0.258. The molecule has 0 saturated carbocycles. The van der Waals surface area contributed by atoms with Crippen LogP contribution in [0.1, 0.15) is 30.5 Å². The molecule has 4 heteroatoms. The molecule has 0 aliphatic heterocycles. The van der Waals surface area contributed by atoms with Gasteiger partial charge in [-0.2, -0.15) is 0 Å². The summed E-state index contributed by atoms with van der Waals surface area (Å²) >= 11 is 3.43. The molecule has 2 rings (SSSR count). The van der Waals surface area contributed by atoms with Gasteiger partial charge in [0.15, 0.2) is 0 Å². The van der Waals surface area contributed by atoms with Crippen LogP contribution < -0.4 is 10.1 Å². The van der Waals surface area contributed by atoms with Gasteiger partial charge < -0.3 is 10.1 Å². The first-order valence-corrected chi connectivity index (χ1v) is 7.78. The number of methoxy groups -OCH3 is 1. The van der Waals surface area contributed by atoms with Crippen LogP contribution in [0.15, 0.2) is 46.9 Å². The standard InChI is InChI=1S/C17H19BrFNO/c1-3-11-20-17(12-7-9-13(18)10-8-12)16-14(19)5-4-6-15(16)21-2/h4-10,17,20H,3,11H2,1-2H3. The van der Waals surface area contributed by atoms with Crippen LogP contribution in [0.3, 0.4) is 0 Å². The number of nitrogens with one attached hydrogen (secondary N) is 1. The third-order valence-electron chi connectivity index (χ3n) is 3.32. The number of ether oxygens (including phenoxy) is 1. The predicted octanol–water partition coefficient (Wildman–Crippen LogP) is 4.69. The summed E-state index contributed by atoms with van der Waals surface area (Å²) in [5.74, 6) is 0.303. The Morgan fingerprint density at radius 1 is 1.19 bits per heavy atom. The average Bonchev–Trinajstić information content (AvgIpc) is 2.50. The lowest BCUT2D eigenvalue weighted by molar-refractivity contribution is 0.396. The molecule has 0 bridgehead atoms. The van der Waals surface area contributed by atoms with Gasteiger partial charge in [0.25, 0.3) is 0 Å². The molecule has 0 aromatic heterocycles. The summed E-state index contributed by atoms with van der Waals surface area (Å²) in [6.45, 7) is 2.89. The van der Waals surface area contributed by atoms with Crippen molar-refractivity contribution in [3.05, 3.63) is 63.9 Å². The van der Waals surface area contributed by atoms with E-state index in [9.17, 15) is 4.39 Å². The summed E-state index contributed by atoms with van der Waals surface area (Å²) < 4.78 is 20.7. The van der Waals surface area contributed by atoms with E-state index in [0.29, 0.717) is 11.3 Å². The summed E-state index contributed by atoms with van der Waals surface area (Å²) in [4.78, 5) is 0. The molecule has 2 aromatic rings. The Labute approximate surface area is 133 Å². The Morgan fingerprint density at radius 2 is 1.90 bits per heavy atom. The molecule has 0 amide bonds. The molecule has 21 heavy (non-hydrogen) atoms. The monoisotopic (exact) mass is 351 g/mol. The van der Waals surface area contributed by atoms with Crippen molar-refractivity contribution in [2.24, 2.45) is 0 Å². The van der Waals surface area contributed by atoms with Crippen molar-refractivity contribution in [1.29, 1.82) is 0 Å². The van der Waals surface area contributed by atoms with Crippen molar-refractivity contribution >= 4 is 15.9 Å². The van der Waals surface area contributed by atoms with Crippen LogP contribution in [0.4, 0.5) is 4.39 Å². The SMILES string of the molecule is CCCNC(c1ccc(Br)cc1)c1c(F)cccc1OC. The first-order chi connectivity index (χ1) is 10.2. The molecule has 0 saturated heterocycles. The number of halogens is 2. The zero-order valence-corrected chi connectivity index (χ0v) is 13.8. The normalized spacial score (nSPS) is 12.2. The largest absolute Gasteiger partial charge is 0.496 e. The lowest BCUT2D eigenvalue weighted by atomic mass is 9.97. The molecule has 0 aliphatic rings. The quantitative estimate of drug-likeness (QED) is 0.815. The number of rotatable bonds is 6. The topological polar surface area (TPSA) is 21.3 Å². The molecule has 2 nitrogen and oxygen atoms in total. The summed E-state index contributed by atoms with van der Waals surface area (Å²) in [7, 11) is 1.57. The number of hydrogen-bond donors (Lipinski definition) is 1. The first-order valence-electron chi connectivity index (χ1n) is 6.98. The summed E-state index contributed by atoms with van der Waals surface area (Å²) in [6, 6.07) is 12.6. The van der Waals surface area contributed by atoms with Gasteiger partial charge in [0.1, 0.15) is 11.6 Å². The smallest absolute Gasteiger partial charge is 0.132 e. The third kappa shape index (κ3) is 3.83. The van der Waals surface area contributed by atoms with Crippen LogP contribution in [0, 0.1) is 5.82 Å². The third-order valence-corrected chi connectivity index (χ3v) is 3.85. The van der Waals surface area contributed by atoms with E-state index in [-0.39, 0.29) is 11.9 Å². The van der Waals surface area contributed by atoms with Gasteiger partial charge in [-0.1, -0.05) is 41.1 Å². The molecule has 0 fully saturated rings. The molecule has 1 unspecified atom stereocenters. The highest BCUT2D eigenvalue weighted by Crippen LogP contribution is 2.32. The maximum Gasteiger partial charge on any atom is 0.132 e. The number of hydrogen-bond acceptors (Lipinski definition) is 2. The van der Waals surface area contributed by atoms with Gasteiger partial charge in [0, 0.05) is 4.47 Å². The van der Waals surface area contributed by atoms with Crippen LogP contribution in [0.2, 0.25) is 0 Å². The lowest BCUT2D eigenvalue weighted by Gasteiger charge is -2.22. The highest BCUT2D eigenvalue weighted by atomic mass is 79.9. The van der Waals surface area contributed by atoms with Crippen LogP contribution in [0.5, 0.6) is 5.75 Å². The van der Waals surface area contributed by atoms with Gasteiger partial charge in [-0.25, -0.2) is 4.39 Å². The molecule has 112 valence electrons. The second-order valence-corrected chi connectivity index (χ2v) is 5.71. The minimum absolute atomic E-state index is 0.228. The Balaban J connectivity index is 2.47. The lowest BCUT2D eigenvalue weighted by Crippen LogP contribution is -2.24. The van der Waals surface area contributed by atoms with Crippen LogP contribution >= 0.6 is 15.9 Å². The summed E-state index contributed by atoms with van der Waals surface area (Å²) in [5.41, 5.74) is 1.56. The van der Waals surface area contributed by atoms with Crippen LogP contribution in [0.25, 0.3) is 0 Å². The van der Waals surface area contributed by atoms with Gasteiger partial charge in [-0.3, -0.25) is 0 Å². The Kier molecular flexibility index (Phi) is 5.76. The van der Waals surface area contributed by atoms with Crippen LogP contribution in [-0.2, 0) is 0 Å². The van der Waals surface area contributed by atoms with Crippen molar-refractivity contribution < 1.29 is 9.13 Å². The zero-order chi connectivity index (χ0) is 15.2. The van der Waals surface area contributed by atoms with Crippen molar-refractivity contribution in [3.63, 3.8) is 0 Å². The van der Waals surface area contributed by atoms with Gasteiger partial charge in [0.2, 0.25) is 0 Å². The first kappa shape index (κ1) is 16.0. The second-order valence-electron chi connectivity index (χ2n) is 4.79. The van der Waals surface area contributed by atoms with E-state index in [1.807, 2.05) is 24.3 Å². The van der Waals surface area contributed by atoms with Gasteiger partial charge in [-0.15, -0.1) is 0 Å². The molecular weight excluding hydrogens is 333 g/mol. The van der Waals surface area contributed by atoms with E-state index in [1.165, 1.54) is 6.07 Å². The fourth-order valence-corrected chi connectivity index (χ4v) is 2.57. The zero-order valence-electron chi connectivity index (χ0n) is 12.2. The molecule has 0 spiro atoms. The second kappa shape index (κ2) is 7.57. The maximum atomic E-state index is 14.4. The molecule has 1 N–H and O–H groups in total. The Bertz CT molecular complexity index is 586. The van der Waals surface area contributed by atoms with E-state index in [2.05, 4.69) is 28.2 Å². The van der Waals surface area contributed by atoms with Crippen molar-refractivity contribution in [2.75, 3.05) is 13.7 Å². The fraction of sp³-hybridized carbons (Fsp3) is 0.294. The fourth-order valence-electron chi connectivity index (χ4n) is 2.31. The van der Waals surface area contributed by atoms with Crippen molar-refractivity contribution in [2.45, 2.75) is 19.4 Å². The van der Waals surface area contributed by atoms with Crippen molar-refractivity contribution in [3.8, 4) is 5.75 Å². The molecule has 1 atom stereocenters. The van der Waals surface area contributed by atoms with Gasteiger partial charge in [0.05, 0.1) is 18.7 Å². The van der Waals surface area contributed by atoms with Crippen molar-refractivity contribution in [1.82, 2.24) is 5.32 Å². The van der Waals surface area contributed by atoms with E-state index in [4.69, 9.17) is 4.74 Å². The predicted molar refractivity (Wildman–Crippen MR) is 87.2 cm³/mol. The summed E-state index contributed by atoms with van der Waals surface area (Å²) in [5, 5.41) is 3.40. The molecule has 0 radical (unpaired) electrons. The van der Waals surface area contributed by atoms with Crippen LogP contribution in [-0.4, -0.2) is 13.7 Å². The molecule has 0 heterocycles. The highest BCUT2D eigenvalue weighted by Gasteiger charge is 2.21. The van der Waals surface area contributed by atoms with Gasteiger partial charge >= 0.3 is 0 Å². The van der Waals surface area contributed by atoms with E-state index in [1.54, 1.807) is 19.2 Å². The Hall–Kier alpha value is -1.39. The maximum absolute atomic E-state index is 14.4. The van der Waals surface area contributed by atoms with E-state index < -0.39 is 0 Å². The minimum Gasteiger partial charge on any atom is -0.496 e. The average molecular weight is 352 g/mol. The highest BCUT2D eigenvalue weighted by molar-refractivity contribution is 9.10. The Morgan fingerprint density at radius 3 is 2.52 bits per heavy atom. The number of benzene rings is 2. The van der Waals surface area contributed by atoms with E-state index >= 15 is 0 Å².